The molecular formula is C18H23N3O2S. The summed E-state index contributed by atoms with van der Waals surface area (Å²) in [5.41, 5.74) is 1.26. The van der Waals surface area contributed by atoms with Crippen molar-refractivity contribution in [3.8, 4) is 0 Å². The molecule has 0 saturated carbocycles. The highest BCUT2D eigenvalue weighted by Gasteiger charge is 2.36. The molecule has 128 valence electrons. The van der Waals surface area contributed by atoms with E-state index < -0.39 is 11.8 Å². The molecule has 1 aliphatic rings. The van der Waals surface area contributed by atoms with Crippen molar-refractivity contribution >= 4 is 35.4 Å². The van der Waals surface area contributed by atoms with E-state index in [1.807, 2.05) is 32.0 Å². The number of hydrogen-bond acceptors (Lipinski definition) is 4. The van der Waals surface area contributed by atoms with Gasteiger partial charge in [-0.2, -0.15) is 0 Å². The maximum Gasteiger partial charge on any atom is 0.246 e. The normalized spacial score (nSPS) is 19.7. The van der Waals surface area contributed by atoms with Crippen LogP contribution in [0.1, 0.15) is 32.3 Å². The van der Waals surface area contributed by atoms with E-state index >= 15 is 0 Å². The Balaban J connectivity index is 1.94. The first kappa shape index (κ1) is 18.3. The van der Waals surface area contributed by atoms with Crippen LogP contribution in [0.3, 0.4) is 0 Å². The van der Waals surface area contributed by atoms with Crippen LogP contribution >= 0.6 is 12.2 Å². The van der Waals surface area contributed by atoms with Crippen molar-refractivity contribution < 1.29 is 9.59 Å². The number of nitrogens with one attached hydrogen (secondary N) is 1. The van der Waals surface area contributed by atoms with Gasteiger partial charge in [0.1, 0.15) is 0 Å². The SMILES string of the molecule is CCCN1C(=O)[C@@H](C=N[C@@H](C)CCc2ccccc2)C(=O)NC1=S. The molecule has 0 radical (unpaired) electrons. The predicted octanol–water partition coefficient (Wildman–Crippen LogP) is 2.35. The molecule has 6 heteroatoms. The van der Waals surface area contributed by atoms with Crippen molar-refractivity contribution in [1.82, 2.24) is 10.2 Å². The molecule has 1 N–H and O–H groups in total. The number of hydrogen-bond donors (Lipinski definition) is 1. The lowest BCUT2D eigenvalue weighted by molar-refractivity contribution is -0.137. The van der Waals surface area contributed by atoms with Crippen LogP contribution in [0.25, 0.3) is 0 Å². The number of aryl methyl sites for hydroxylation is 1. The van der Waals surface area contributed by atoms with E-state index in [2.05, 4.69) is 22.4 Å². The van der Waals surface area contributed by atoms with Crippen molar-refractivity contribution in [3.63, 3.8) is 0 Å². The lowest BCUT2D eigenvalue weighted by Gasteiger charge is -2.30. The molecule has 1 saturated heterocycles. The van der Waals surface area contributed by atoms with Crippen molar-refractivity contribution in [2.24, 2.45) is 10.9 Å². The van der Waals surface area contributed by atoms with Gasteiger partial charge in [-0.25, -0.2) is 0 Å². The first-order valence-corrected chi connectivity index (χ1v) is 8.67. The molecule has 2 atom stereocenters. The number of amides is 2. The molecule has 0 bridgehead atoms. The highest BCUT2D eigenvalue weighted by Crippen LogP contribution is 2.12. The Morgan fingerprint density at radius 3 is 2.71 bits per heavy atom. The smallest absolute Gasteiger partial charge is 0.246 e. The predicted molar refractivity (Wildman–Crippen MR) is 99.0 cm³/mol. The van der Waals surface area contributed by atoms with Crippen LogP contribution in [0, 0.1) is 5.92 Å². The third kappa shape index (κ3) is 4.71. The number of rotatable bonds is 7. The van der Waals surface area contributed by atoms with Gasteiger partial charge in [0.2, 0.25) is 11.8 Å². The standard InChI is InChI=1S/C18H23N3O2S/c1-3-11-21-17(23)15(16(22)20-18(21)24)12-19-13(2)9-10-14-7-5-4-6-8-14/h4-8,12-13,15H,3,9-11H2,1-2H3,(H,20,22,24)/t13-,15-/m0/s1. The van der Waals surface area contributed by atoms with E-state index in [0.717, 1.165) is 19.3 Å². The van der Waals surface area contributed by atoms with Gasteiger partial charge in [0.05, 0.1) is 0 Å². The van der Waals surface area contributed by atoms with E-state index in [1.165, 1.54) is 16.7 Å². The van der Waals surface area contributed by atoms with Gasteiger partial charge < -0.3 is 5.32 Å². The Kier molecular flexibility index (Phi) is 6.61. The van der Waals surface area contributed by atoms with Crippen molar-refractivity contribution in [2.75, 3.05) is 6.54 Å². The maximum absolute atomic E-state index is 12.4. The van der Waals surface area contributed by atoms with Gasteiger partial charge in [-0.15, -0.1) is 0 Å². The van der Waals surface area contributed by atoms with Gasteiger partial charge in [-0.1, -0.05) is 37.3 Å². The van der Waals surface area contributed by atoms with Crippen LogP contribution in [0.15, 0.2) is 35.3 Å². The fraction of sp³-hybridized carbons (Fsp3) is 0.444. The van der Waals surface area contributed by atoms with Crippen LogP contribution in [0.4, 0.5) is 0 Å². The van der Waals surface area contributed by atoms with E-state index in [1.54, 1.807) is 0 Å². The fourth-order valence-corrected chi connectivity index (χ4v) is 2.81. The summed E-state index contributed by atoms with van der Waals surface area (Å²) in [6.45, 7) is 4.45. The number of carbonyl (C=O) groups is 2. The van der Waals surface area contributed by atoms with Gasteiger partial charge in [0.25, 0.3) is 0 Å². The lowest BCUT2D eigenvalue weighted by Crippen LogP contribution is -2.58. The molecule has 0 aliphatic carbocycles. The molecule has 5 nitrogen and oxygen atoms in total. The lowest BCUT2D eigenvalue weighted by atomic mass is 10.0. The number of nitrogens with zero attached hydrogens (tertiary/aromatic N) is 2. The number of benzene rings is 1. The molecule has 1 aromatic carbocycles. The summed E-state index contributed by atoms with van der Waals surface area (Å²) >= 11 is 5.06. The molecule has 0 aromatic heterocycles. The number of thiocarbonyl (C=S) groups is 1. The Labute approximate surface area is 148 Å². The average molecular weight is 345 g/mol. The Bertz CT molecular complexity index is 630. The first-order valence-electron chi connectivity index (χ1n) is 8.26. The maximum atomic E-state index is 12.4. The van der Waals surface area contributed by atoms with Gasteiger partial charge in [-0.3, -0.25) is 19.5 Å². The fourth-order valence-electron chi connectivity index (χ4n) is 2.53. The molecule has 1 fully saturated rings. The zero-order valence-electron chi connectivity index (χ0n) is 14.1. The van der Waals surface area contributed by atoms with Crippen molar-refractivity contribution in [3.05, 3.63) is 35.9 Å². The van der Waals surface area contributed by atoms with Crippen LogP contribution in [0.5, 0.6) is 0 Å². The molecule has 1 aliphatic heterocycles. The summed E-state index contributed by atoms with van der Waals surface area (Å²) in [6.07, 6.45) is 4.02. The van der Waals surface area contributed by atoms with E-state index in [9.17, 15) is 9.59 Å². The molecular weight excluding hydrogens is 322 g/mol. The number of aliphatic imine (C=N–C) groups is 1. The second kappa shape index (κ2) is 8.68. The molecule has 0 unspecified atom stereocenters. The summed E-state index contributed by atoms with van der Waals surface area (Å²) in [5.74, 6) is -1.57. The van der Waals surface area contributed by atoms with E-state index in [-0.39, 0.29) is 17.1 Å². The van der Waals surface area contributed by atoms with Gasteiger partial charge in [0.15, 0.2) is 11.0 Å². The minimum absolute atomic E-state index is 0.0410. The van der Waals surface area contributed by atoms with E-state index in [0.29, 0.717) is 6.54 Å². The summed E-state index contributed by atoms with van der Waals surface area (Å²) < 4.78 is 0. The first-order chi connectivity index (χ1) is 11.5. The molecule has 2 amide bonds. The molecule has 24 heavy (non-hydrogen) atoms. The van der Waals surface area contributed by atoms with Gasteiger partial charge in [0, 0.05) is 18.8 Å². The zero-order chi connectivity index (χ0) is 17.5. The summed E-state index contributed by atoms with van der Waals surface area (Å²) in [4.78, 5) is 30.3. The van der Waals surface area contributed by atoms with E-state index in [4.69, 9.17) is 12.2 Å². The topological polar surface area (TPSA) is 61.8 Å². The summed E-state index contributed by atoms with van der Waals surface area (Å²) in [6, 6.07) is 10.2. The Morgan fingerprint density at radius 2 is 2.04 bits per heavy atom. The zero-order valence-corrected chi connectivity index (χ0v) is 14.9. The molecule has 2 rings (SSSR count). The molecule has 1 aromatic rings. The Hall–Kier alpha value is -2.08. The van der Waals surface area contributed by atoms with Gasteiger partial charge >= 0.3 is 0 Å². The van der Waals surface area contributed by atoms with Gasteiger partial charge in [-0.05, 0) is 44.0 Å². The minimum atomic E-state index is -0.887. The van der Waals surface area contributed by atoms with Crippen LogP contribution in [-0.4, -0.2) is 40.6 Å². The van der Waals surface area contributed by atoms with Crippen molar-refractivity contribution in [1.29, 1.82) is 0 Å². The molecule has 0 spiro atoms. The largest absolute Gasteiger partial charge is 0.302 e. The number of carbonyl (C=O) groups excluding carboxylic acids is 2. The third-order valence-electron chi connectivity index (χ3n) is 3.92. The Morgan fingerprint density at radius 1 is 1.33 bits per heavy atom. The highest BCUT2D eigenvalue weighted by molar-refractivity contribution is 7.80. The highest BCUT2D eigenvalue weighted by atomic mass is 32.1. The van der Waals surface area contributed by atoms with Crippen LogP contribution in [-0.2, 0) is 16.0 Å². The molecule has 1 heterocycles. The van der Waals surface area contributed by atoms with Crippen LogP contribution < -0.4 is 5.32 Å². The summed E-state index contributed by atoms with van der Waals surface area (Å²) in [5, 5.41) is 2.77. The third-order valence-corrected chi connectivity index (χ3v) is 4.24. The van der Waals surface area contributed by atoms with Crippen molar-refractivity contribution in [2.45, 2.75) is 39.2 Å². The quantitative estimate of drug-likeness (QED) is 0.469. The second-order valence-electron chi connectivity index (χ2n) is 5.93. The average Bonchev–Trinajstić information content (AvgIpc) is 2.57. The minimum Gasteiger partial charge on any atom is -0.302 e. The monoisotopic (exact) mass is 345 g/mol. The van der Waals surface area contributed by atoms with Crippen LogP contribution in [0.2, 0.25) is 0 Å². The summed E-state index contributed by atoms with van der Waals surface area (Å²) in [7, 11) is 0. The second-order valence-corrected chi connectivity index (χ2v) is 6.32.